The van der Waals surface area contributed by atoms with Crippen LogP contribution in [0.25, 0.3) is 12.2 Å². The lowest BCUT2D eigenvalue weighted by atomic mass is 10.1. The van der Waals surface area contributed by atoms with E-state index in [-0.39, 0.29) is 11.7 Å². The molecule has 29 heavy (non-hydrogen) atoms. The molecule has 2 aromatic carbocycles. The fourth-order valence-corrected chi connectivity index (χ4v) is 2.60. The summed E-state index contributed by atoms with van der Waals surface area (Å²) in [5, 5.41) is 2.74. The maximum absolute atomic E-state index is 12.4. The highest BCUT2D eigenvalue weighted by Crippen LogP contribution is 2.15. The minimum absolute atomic E-state index is 0.0997. The molecular weight excluding hydrogens is 364 g/mol. The zero-order chi connectivity index (χ0) is 20.6. The molecule has 0 spiro atoms. The predicted molar refractivity (Wildman–Crippen MR) is 117 cm³/mol. The Labute approximate surface area is 170 Å². The molecule has 0 aliphatic heterocycles. The highest BCUT2D eigenvalue weighted by Gasteiger charge is 2.04. The summed E-state index contributed by atoms with van der Waals surface area (Å²) in [5.74, 6) is 0.225. The van der Waals surface area contributed by atoms with Gasteiger partial charge in [0, 0.05) is 37.1 Å². The number of carbonyl (C=O) groups is 2. The van der Waals surface area contributed by atoms with E-state index in [1.807, 2.05) is 43.3 Å². The molecule has 3 aromatic rings. The number of carbonyl (C=O) groups excluding carboxylic acids is 2. The molecule has 146 valence electrons. The van der Waals surface area contributed by atoms with Gasteiger partial charge < -0.3 is 14.6 Å². The summed E-state index contributed by atoms with van der Waals surface area (Å²) in [6.45, 7) is 0. The summed E-state index contributed by atoms with van der Waals surface area (Å²) in [6.07, 6.45) is 7.85. The monoisotopic (exact) mass is 386 g/mol. The van der Waals surface area contributed by atoms with Crippen molar-refractivity contribution in [3.05, 3.63) is 96.0 Å². The first kappa shape index (κ1) is 19.9. The highest BCUT2D eigenvalue weighted by atomic mass is 16.3. The maximum Gasteiger partial charge on any atom is 0.248 e. The summed E-state index contributed by atoms with van der Waals surface area (Å²) in [4.78, 5) is 26.3. The quantitative estimate of drug-likeness (QED) is 0.464. The summed E-state index contributed by atoms with van der Waals surface area (Å²) >= 11 is 0. The van der Waals surface area contributed by atoms with Crippen LogP contribution in [-0.4, -0.2) is 25.8 Å². The van der Waals surface area contributed by atoms with E-state index in [1.165, 1.54) is 6.08 Å². The first-order valence-electron chi connectivity index (χ1n) is 9.14. The largest absolute Gasteiger partial charge is 0.465 e. The van der Waals surface area contributed by atoms with Gasteiger partial charge in [0.15, 0.2) is 5.78 Å². The molecular formula is C24H22N2O3. The van der Waals surface area contributed by atoms with Crippen LogP contribution in [0, 0.1) is 0 Å². The Morgan fingerprint density at radius 3 is 2.24 bits per heavy atom. The minimum Gasteiger partial charge on any atom is -0.465 e. The van der Waals surface area contributed by atoms with Crippen LogP contribution < -0.4 is 10.2 Å². The number of allylic oxidation sites excluding steroid dienone is 1. The van der Waals surface area contributed by atoms with Crippen molar-refractivity contribution in [3.63, 3.8) is 0 Å². The van der Waals surface area contributed by atoms with Gasteiger partial charge in [-0.2, -0.15) is 0 Å². The Hall–Kier alpha value is -3.86. The Balaban J connectivity index is 1.57. The van der Waals surface area contributed by atoms with E-state index in [4.69, 9.17) is 4.42 Å². The molecule has 0 fully saturated rings. The average molecular weight is 386 g/mol. The Morgan fingerprint density at radius 1 is 0.897 bits per heavy atom. The molecule has 0 saturated carbocycles. The molecule has 3 rings (SSSR count). The van der Waals surface area contributed by atoms with Crippen LogP contribution in [-0.2, 0) is 4.79 Å². The van der Waals surface area contributed by atoms with Gasteiger partial charge in [-0.15, -0.1) is 0 Å². The van der Waals surface area contributed by atoms with Crippen molar-refractivity contribution in [3.8, 4) is 0 Å². The van der Waals surface area contributed by atoms with Gasteiger partial charge in [-0.25, -0.2) is 0 Å². The van der Waals surface area contributed by atoms with E-state index in [0.717, 1.165) is 11.3 Å². The number of hydrogen-bond donors (Lipinski definition) is 1. The SMILES string of the molecule is CN(C)c1ccc(/C=C/C(=O)c2ccc(NC(=O)/C=C/c3ccco3)cc2)cc1. The highest BCUT2D eigenvalue weighted by molar-refractivity contribution is 6.07. The van der Waals surface area contributed by atoms with Crippen LogP contribution in [0.2, 0.25) is 0 Å². The number of nitrogens with one attached hydrogen (secondary N) is 1. The second kappa shape index (κ2) is 9.37. The molecule has 0 unspecified atom stereocenters. The number of amides is 1. The van der Waals surface area contributed by atoms with Crippen molar-refractivity contribution < 1.29 is 14.0 Å². The van der Waals surface area contributed by atoms with E-state index in [1.54, 1.807) is 60.9 Å². The molecule has 1 N–H and O–H groups in total. The molecule has 0 aliphatic rings. The number of furan rings is 1. The molecule has 0 radical (unpaired) electrons. The van der Waals surface area contributed by atoms with Crippen molar-refractivity contribution >= 4 is 35.2 Å². The topological polar surface area (TPSA) is 62.6 Å². The van der Waals surface area contributed by atoms with E-state index < -0.39 is 0 Å². The average Bonchev–Trinajstić information content (AvgIpc) is 3.25. The van der Waals surface area contributed by atoms with Crippen LogP contribution in [0.15, 0.2) is 83.5 Å². The Kier molecular flexibility index (Phi) is 6.43. The number of ketones is 1. The molecule has 1 heterocycles. The molecule has 0 saturated heterocycles. The van der Waals surface area contributed by atoms with Gasteiger partial charge in [0.25, 0.3) is 0 Å². The van der Waals surface area contributed by atoms with E-state index in [2.05, 4.69) is 5.32 Å². The van der Waals surface area contributed by atoms with Gasteiger partial charge >= 0.3 is 0 Å². The second-order valence-corrected chi connectivity index (χ2v) is 6.60. The first-order chi connectivity index (χ1) is 14.0. The van der Waals surface area contributed by atoms with Crippen LogP contribution >= 0.6 is 0 Å². The van der Waals surface area contributed by atoms with E-state index in [9.17, 15) is 9.59 Å². The number of anilines is 2. The van der Waals surface area contributed by atoms with E-state index in [0.29, 0.717) is 17.0 Å². The summed E-state index contributed by atoms with van der Waals surface area (Å²) in [7, 11) is 3.96. The summed E-state index contributed by atoms with van der Waals surface area (Å²) < 4.78 is 5.13. The number of benzene rings is 2. The second-order valence-electron chi connectivity index (χ2n) is 6.60. The zero-order valence-electron chi connectivity index (χ0n) is 16.3. The van der Waals surface area contributed by atoms with Crippen LogP contribution in [0.3, 0.4) is 0 Å². The third-order valence-electron chi connectivity index (χ3n) is 4.22. The predicted octanol–water partition coefficient (Wildman–Crippen LogP) is 4.89. The van der Waals surface area contributed by atoms with Crippen molar-refractivity contribution in [2.75, 3.05) is 24.3 Å². The van der Waals surface area contributed by atoms with Gasteiger partial charge in [-0.05, 0) is 66.2 Å². The Bertz CT molecular complexity index is 1010. The van der Waals surface area contributed by atoms with E-state index >= 15 is 0 Å². The molecule has 1 aromatic heterocycles. The summed E-state index contributed by atoms with van der Waals surface area (Å²) in [5.41, 5.74) is 3.22. The van der Waals surface area contributed by atoms with Crippen molar-refractivity contribution in [2.45, 2.75) is 0 Å². The van der Waals surface area contributed by atoms with Gasteiger partial charge in [-0.1, -0.05) is 18.2 Å². The molecule has 5 nitrogen and oxygen atoms in total. The van der Waals surface area contributed by atoms with Crippen LogP contribution in [0.4, 0.5) is 11.4 Å². The molecule has 5 heteroatoms. The lowest BCUT2D eigenvalue weighted by Gasteiger charge is -2.11. The normalized spacial score (nSPS) is 11.1. The zero-order valence-corrected chi connectivity index (χ0v) is 16.3. The maximum atomic E-state index is 12.4. The van der Waals surface area contributed by atoms with Crippen LogP contribution in [0.1, 0.15) is 21.7 Å². The fourth-order valence-electron chi connectivity index (χ4n) is 2.60. The minimum atomic E-state index is -0.276. The third-order valence-corrected chi connectivity index (χ3v) is 4.22. The van der Waals surface area contributed by atoms with Gasteiger partial charge in [0.1, 0.15) is 5.76 Å². The van der Waals surface area contributed by atoms with Crippen LogP contribution in [0.5, 0.6) is 0 Å². The van der Waals surface area contributed by atoms with Gasteiger partial charge in [-0.3, -0.25) is 9.59 Å². The number of hydrogen-bond acceptors (Lipinski definition) is 4. The standard InChI is InChI=1S/C24H22N2O3/c1-26(2)21-12-5-18(6-13-21)7-15-23(27)19-8-10-20(11-9-19)25-24(28)16-14-22-4-3-17-29-22/h3-17H,1-2H3,(H,25,28)/b15-7+,16-14+. The number of nitrogens with zero attached hydrogens (tertiary/aromatic N) is 1. The van der Waals surface area contributed by atoms with Gasteiger partial charge in [0.2, 0.25) is 5.91 Å². The van der Waals surface area contributed by atoms with Crippen molar-refractivity contribution in [2.24, 2.45) is 0 Å². The lowest BCUT2D eigenvalue weighted by molar-refractivity contribution is -0.111. The molecule has 1 amide bonds. The van der Waals surface area contributed by atoms with Gasteiger partial charge in [0.05, 0.1) is 6.26 Å². The smallest absolute Gasteiger partial charge is 0.248 e. The van der Waals surface area contributed by atoms with Crippen molar-refractivity contribution in [1.29, 1.82) is 0 Å². The number of rotatable bonds is 7. The summed E-state index contributed by atoms with van der Waals surface area (Å²) in [6, 6.07) is 18.2. The molecule has 0 atom stereocenters. The molecule has 0 aliphatic carbocycles. The van der Waals surface area contributed by atoms with Crippen molar-refractivity contribution in [1.82, 2.24) is 0 Å². The molecule has 0 bridgehead atoms. The Morgan fingerprint density at radius 2 is 1.62 bits per heavy atom. The third kappa shape index (κ3) is 5.81. The lowest BCUT2D eigenvalue weighted by Crippen LogP contribution is -2.08. The first-order valence-corrected chi connectivity index (χ1v) is 9.14. The fraction of sp³-hybridized carbons (Fsp3) is 0.0833.